The molecule has 0 spiro atoms. The molecule has 0 saturated heterocycles. The molecule has 8 aromatic carbocycles. The van der Waals surface area contributed by atoms with E-state index in [1.807, 2.05) is 24.8 Å². The third kappa shape index (κ3) is 13.5. The van der Waals surface area contributed by atoms with Crippen LogP contribution in [0.3, 0.4) is 0 Å². The molecule has 0 N–H and O–H groups in total. The van der Waals surface area contributed by atoms with Gasteiger partial charge in [-0.25, -0.2) is 0 Å². The Morgan fingerprint density at radius 2 is 0.505 bits per heavy atom. The summed E-state index contributed by atoms with van der Waals surface area (Å²) in [4.78, 5) is 29.0. The van der Waals surface area contributed by atoms with Crippen LogP contribution < -0.4 is 20.9 Å². The van der Waals surface area contributed by atoms with Crippen LogP contribution in [0, 0.1) is 0 Å². The number of benzene rings is 8. The summed E-state index contributed by atoms with van der Waals surface area (Å²) >= 11 is 0. The van der Waals surface area contributed by atoms with Gasteiger partial charge in [-0.05, 0) is 216 Å². The number of hydrogen-bond acceptors (Lipinski definition) is 4. The molecular weight excluding hydrogens is 1150 g/mol. The minimum Gasteiger partial charge on any atom is -0.442 e. The van der Waals surface area contributed by atoms with Crippen molar-refractivity contribution in [3.63, 3.8) is 0 Å². The molecule has 4 aromatic heterocycles. The fourth-order valence-electron chi connectivity index (χ4n) is 13.4. The van der Waals surface area contributed by atoms with Crippen LogP contribution >= 0.6 is 0 Å². The van der Waals surface area contributed by atoms with Crippen molar-refractivity contribution in [2.24, 2.45) is 9.98 Å². The topological polar surface area (TPSA) is 78.7 Å². The van der Waals surface area contributed by atoms with Gasteiger partial charge in [-0.1, -0.05) is 257 Å². The van der Waals surface area contributed by atoms with Gasteiger partial charge in [0.25, 0.3) is 0 Å². The Kier molecular flexibility index (Phi) is 20.1. The monoisotopic (exact) mass is 1240 g/mol. The second kappa shape index (κ2) is 27.9. The second-order valence-electron chi connectivity index (χ2n) is 27.0. The summed E-state index contributed by atoms with van der Waals surface area (Å²) in [7, 11) is 0. The van der Waals surface area contributed by atoms with Crippen molar-refractivity contribution in [3.8, 4) is 44.5 Å². The summed E-state index contributed by atoms with van der Waals surface area (Å²) in [5, 5.41) is 8.61. The van der Waals surface area contributed by atoms with Gasteiger partial charge < -0.3 is 20.0 Å². The molecule has 0 radical (unpaired) electrons. The molecular formula is C84H88N6Ni. The number of hydrogen-bond donors (Lipinski definition) is 0. The van der Waals surface area contributed by atoms with E-state index in [9.17, 15) is 0 Å². The summed E-state index contributed by atoms with van der Waals surface area (Å²) in [6, 6.07) is 62.1. The van der Waals surface area contributed by atoms with Gasteiger partial charge >= 0.3 is 16.5 Å². The quantitative estimate of drug-likeness (QED) is 0.102. The Balaban J connectivity index is 0.000000198. The van der Waals surface area contributed by atoms with Gasteiger partial charge in [0.15, 0.2) is 0 Å². The molecule has 6 nitrogen and oxygen atoms in total. The molecule has 0 aliphatic carbocycles. The Hall–Kier alpha value is -8.51. The SMILES string of the molecule is CC(C)c1cccc(C(C)C)c1-c1ccc2c(N=c3[n-]ccc4cc(-c5c(C(C)C)cccc5C(C)C)ccc34)nccc2c1.CC(C)c1cccc(C(C)C)c1-c1ccc2c(N=c3[n-]ccc4cc(-c5c(C(C)C)cccc5C(C)C)ccc34)nccc2c1.[Ni+2]. The van der Waals surface area contributed by atoms with Gasteiger partial charge in [-0.15, -0.1) is 0 Å². The molecule has 12 rings (SSSR count). The molecule has 464 valence electrons. The number of rotatable bonds is 14. The fraction of sp³-hybridized carbons (Fsp3) is 0.286. The van der Waals surface area contributed by atoms with E-state index in [-0.39, 0.29) is 16.5 Å². The van der Waals surface area contributed by atoms with Gasteiger partial charge in [0, 0.05) is 23.2 Å². The zero-order valence-corrected chi connectivity index (χ0v) is 57.1. The molecule has 12 aromatic rings. The van der Waals surface area contributed by atoms with Crippen LogP contribution in [0.25, 0.3) is 87.6 Å². The Bertz CT molecular complexity index is 4350. The molecule has 4 heterocycles. The smallest absolute Gasteiger partial charge is 0.442 e. The minimum atomic E-state index is 0. The van der Waals surface area contributed by atoms with Crippen molar-refractivity contribution in [1.29, 1.82) is 0 Å². The standard InChI is InChI=1S/2C42H44N3.Ni/c2*1-25(2)33-11-9-12-34(26(3)4)39(33)31-15-17-37-29(23-31)19-21-43-41(37)45-42-38-18-16-32(24-30(38)20-22-44-42)40-35(27(5)6)13-10-14-36(40)28(7)8;/h2*9-28H,1-8H3;/q2*-1;+2. The maximum atomic E-state index is 5.06. The maximum absolute atomic E-state index is 5.06. The molecule has 0 atom stereocenters. The van der Waals surface area contributed by atoms with E-state index < -0.39 is 0 Å². The predicted molar refractivity (Wildman–Crippen MR) is 383 cm³/mol. The number of fused-ring (bicyclic) bond motifs is 4. The first kappa shape index (κ1) is 65.4. The number of aromatic nitrogens is 4. The van der Waals surface area contributed by atoms with Crippen molar-refractivity contribution in [1.82, 2.24) is 19.9 Å². The maximum Gasteiger partial charge on any atom is 2.00 e. The largest absolute Gasteiger partial charge is 2.00 e. The third-order valence-electron chi connectivity index (χ3n) is 18.0. The molecule has 7 heteroatoms. The molecule has 0 fully saturated rings. The Morgan fingerprint density at radius 3 is 0.747 bits per heavy atom. The number of pyridine rings is 4. The number of nitrogens with zero attached hydrogens (tertiary/aromatic N) is 6. The van der Waals surface area contributed by atoms with Crippen LogP contribution in [0.1, 0.15) is 203 Å². The van der Waals surface area contributed by atoms with Crippen LogP contribution in [0.15, 0.2) is 205 Å². The average molecular weight is 1240 g/mol. The van der Waals surface area contributed by atoms with Crippen LogP contribution in [-0.4, -0.2) is 9.97 Å². The molecule has 91 heavy (non-hydrogen) atoms. The molecule has 0 amide bonds. The van der Waals surface area contributed by atoms with Crippen LogP contribution in [-0.2, 0) is 16.5 Å². The van der Waals surface area contributed by atoms with Crippen molar-refractivity contribution in [2.75, 3.05) is 0 Å². The van der Waals surface area contributed by atoms with Crippen LogP contribution in [0.4, 0.5) is 11.6 Å². The molecule has 0 saturated carbocycles. The Labute approximate surface area is 550 Å². The normalized spacial score (nSPS) is 12.4. The summed E-state index contributed by atoms with van der Waals surface area (Å²) in [6.45, 7) is 36.4. The summed E-state index contributed by atoms with van der Waals surface area (Å²) in [5.74, 6) is 4.87. The first-order chi connectivity index (χ1) is 43.3. The third-order valence-corrected chi connectivity index (χ3v) is 18.0. The molecule has 0 aliphatic heterocycles. The molecule has 0 unspecified atom stereocenters. The van der Waals surface area contributed by atoms with Crippen molar-refractivity contribution < 1.29 is 16.5 Å². The van der Waals surface area contributed by atoms with E-state index in [0.29, 0.717) is 70.0 Å². The summed E-state index contributed by atoms with van der Waals surface area (Å²) < 4.78 is 0. The Morgan fingerprint density at radius 1 is 0.275 bits per heavy atom. The first-order valence-corrected chi connectivity index (χ1v) is 32.8. The van der Waals surface area contributed by atoms with E-state index >= 15 is 0 Å². The van der Waals surface area contributed by atoms with Crippen LogP contribution in [0.2, 0.25) is 0 Å². The van der Waals surface area contributed by atoms with Gasteiger partial charge in [-0.3, -0.25) is 9.97 Å². The van der Waals surface area contributed by atoms with E-state index in [1.54, 1.807) is 0 Å². The molecule has 0 bridgehead atoms. The van der Waals surface area contributed by atoms with Gasteiger partial charge in [0.05, 0.1) is 11.6 Å². The fourth-order valence-corrected chi connectivity index (χ4v) is 13.4. The van der Waals surface area contributed by atoms with E-state index in [1.165, 1.54) is 89.0 Å². The van der Waals surface area contributed by atoms with Crippen molar-refractivity contribution in [3.05, 3.63) is 250 Å². The predicted octanol–water partition coefficient (Wildman–Crippen LogP) is 22.8. The summed E-state index contributed by atoms with van der Waals surface area (Å²) in [5.41, 5.74) is 22.8. The summed E-state index contributed by atoms with van der Waals surface area (Å²) in [6.07, 6.45) is 7.45. The minimum absolute atomic E-state index is 0. The van der Waals surface area contributed by atoms with E-state index in [2.05, 4.69) is 281 Å². The first-order valence-electron chi connectivity index (χ1n) is 32.8. The van der Waals surface area contributed by atoms with E-state index in [0.717, 1.165) is 43.1 Å². The zero-order chi connectivity index (χ0) is 63.7. The second-order valence-corrected chi connectivity index (χ2v) is 27.0. The van der Waals surface area contributed by atoms with Gasteiger partial charge in [0.1, 0.15) is 0 Å². The van der Waals surface area contributed by atoms with Crippen molar-refractivity contribution >= 4 is 54.7 Å². The molecule has 0 aliphatic rings. The van der Waals surface area contributed by atoms with E-state index in [4.69, 9.17) is 29.9 Å². The van der Waals surface area contributed by atoms with Crippen LogP contribution in [0.5, 0.6) is 0 Å². The average Bonchev–Trinajstić information content (AvgIpc) is 1.72. The van der Waals surface area contributed by atoms with Gasteiger partial charge in [-0.2, -0.15) is 0 Å². The van der Waals surface area contributed by atoms with Gasteiger partial charge in [0.2, 0.25) is 0 Å². The van der Waals surface area contributed by atoms with Crippen molar-refractivity contribution in [2.45, 2.75) is 158 Å². The zero-order valence-electron chi connectivity index (χ0n) is 56.1.